The molecule has 2 atom stereocenters. The number of ether oxygens (including phenoxy) is 1. The SMILES string of the molecule is COc1ccc([C@H](C)NC(C)c2ccc(C(=O)O)o2)cc1. The predicted octanol–water partition coefficient (Wildman–Crippen LogP) is 3.40. The number of carboxylic acid groups (broad SMARTS) is 1. The third-order valence-corrected chi connectivity index (χ3v) is 3.38. The molecule has 0 aliphatic heterocycles. The Hall–Kier alpha value is -2.27. The van der Waals surface area contributed by atoms with Gasteiger partial charge in [-0.3, -0.25) is 0 Å². The van der Waals surface area contributed by atoms with E-state index in [1.54, 1.807) is 13.2 Å². The van der Waals surface area contributed by atoms with Crippen LogP contribution in [0.15, 0.2) is 40.8 Å². The Morgan fingerprint density at radius 2 is 1.81 bits per heavy atom. The lowest BCUT2D eigenvalue weighted by atomic mass is 10.1. The summed E-state index contributed by atoms with van der Waals surface area (Å²) in [5, 5.41) is 12.2. The van der Waals surface area contributed by atoms with Crippen LogP contribution in [0.3, 0.4) is 0 Å². The average molecular weight is 289 g/mol. The molecular weight excluding hydrogens is 270 g/mol. The average Bonchev–Trinajstić information content (AvgIpc) is 2.97. The van der Waals surface area contributed by atoms with Gasteiger partial charge in [0.25, 0.3) is 0 Å². The first-order valence-electron chi connectivity index (χ1n) is 6.74. The van der Waals surface area contributed by atoms with E-state index in [9.17, 15) is 4.79 Å². The van der Waals surface area contributed by atoms with E-state index < -0.39 is 5.97 Å². The Labute approximate surface area is 123 Å². The molecule has 0 fully saturated rings. The lowest BCUT2D eigenvalue weighted by molar-refractivity contribution is 0.0659. The van der Waals surface area contributed by atoms with Crippen molar-refractivity contribution in [2.75, 3.05) is 7.11 Å². The molecule has 21 heavy (non-hydrogen) atoms. The summed E-state index contributed by atoms with van der Waals surface area (Å²) in [5.41, 5.74) is 1.12. The minimum Gasteiger partial charge on any atom is -0.497 e. The Bertz CT molecular complexity index is 603. The molecule has 1 aromatic carbocycles. The maximum Gasteiger partial charge on any atom is 0.371 e. The van der Waals surface area contributed by atoms with Crippen molar-refractivity contribution in [2.24, 2.45) is 0 Å². The minimum absolute atomic E-state index is 0.0456. The third kappa shape index (κ3) is 3.64. The molecule has 112 valence electrons. The molecule has 2 aromatic rings. The van der Waals surface area contributed by atoms with Crippen LogP contribution < -0.4 is 10.1 Å². The molecule has 0 saturated heterocycles. The first kappa shape index (κ1) is 15.1. The van der Waals surface area contributed by atoms with E-state index in [1.807, 2.05) is 38.1 Å². The van der Waals surface area contributed by atoms with E-state index in [0.29, 0.717) is 5.76 Å². The molecule has 5 nitrogen and oxygen atoms in total. The second kappa shape index (κ2) is 6.45. The van der Waals surface area contributed by atoms with Gasteiger partial charge in [-0.2, -0.15) is 0 Å². The molecule has 1 unspecified atom stereocenters. The smallest absolute Gasteiger partial charge is 0.371 e. The summed E-state index contributed by atoms with van der Waals surface area (Å²) < 4.78 is 10.4. The first-order valence-corrected chi connectivity index (χ1v) is 6.74. The zero-order chi connectivity index (χ0) is 15.4. The number of carboxylic acids is 1. The van der Waals surface area contributed by atoms with E-state index in [-0.39, 0.29) is 17.8 Å². The normalized spacial score (nSPS) is 13.7. The molecule has 1 heterocycles. The Morgan fingerprint density at radius 1 is 1.14 bits per heavy atom. The number of rotatable bonds is 6. The number of furan rings is 1. The van der Waals surface area contributed by atoms with Crippen LogP contribution in [0.4, 0.5) is 0 Å². The minimum atomic E-state index is -1.06. The number of hydrogen-bond donors (Lipinski definition) is 2. The summed E-state index contributed by atoms with van der Waals surface area (Å²) in [6, 6.07) is 11.0. The van der Waals surface area contributed by atoms with Crippen molar-refractivity contribution in [1.29, 1.82) is 0 Å². The molecule has 2 rings (SSSR count). The number of carbonyl (C=O) groups is 1. The van der Waals surface area contributed by atoms with Gasteiger partial charge in [0, 0.05) is 6.04 Å². The Kier molecular flexibility index (Phi) is 4.65. The fraction of sp³-hybridized carbons (Fsp3) is 0.312. The maximum atomic E-state index is 10.8. The standard InChI is InChI=1S/C16H19NO4/c1-10(12-4-6-13(20-3)7-5-12)17-11(2)14-8-9-15(21-14)16(18)19/h4-11,17H,1-3H3,(H,18,19)/t10-,11?/m0/s1. The molecule has 0 spiro atoms. The van der Waals surface area contributed by atoms with E-state index in [4.69, 9.17) is 14.3 Å². The van der Waals surface area contributed by atoms with E-state index >= 15 is 0 Å². The number of aromatic carboxylic acids is 1. The van der Waals surface area contributed by atoms with Crippen LogP contribution in [0, 0.1) is 0 Å². The van der Waals surface area contributed by atoms with Crippen LogP contribution in [0.5, 0.6) is 5.75 Å². The number of hydrogen-bond acceptors (Lipinski definition) is 4. The molecule has 1 aromatic heterocycles. The van der Waals surface area contributed by atoms with Crippen molar-refractivity contribution in [1.82, 2.24) is 5.32 Å². The molecule has 0 radical (unpaired) electrons. The Balaban J connectivity index is 2.03. The lowest BCUT2D eigenvalue weighted by Gasteiger charge is -2.19. The van der Waals surface area contributed by atoms with Crippen LogP contribution in [-0.4, -0.2) is 18.2 Å². The van der Waals surface area contributed by atoms with Crippen molar-refractivity contribution in [3.63, 3.8) is 0 Å². The van der Waals surface area contributed by atoms with Crippen molar-refractivity contribution in [3.8, 4) is 5.75 Å². The first-order chi connectivity index (χ1) is 10.0. The van der Waals surface area contributed by atoms with Gasteiger partial charge in [-0.1, -0.05) is 12.1 Å². The monoisotopic (exact) mass is 289 g/mol. The second-order valence-corrected chi connectivity index (χ2v) is 4.89. The summed E-state index contributed by atoms with van der Waals surface area (Å²) >= 11 is 0. The maximum absolute atomic E-state index is 10.8. The molecule has 0 amide bonds. The summed E-state index contributed by atoms with van der Waals surface area (Å²) in [7, 11) is 1.63. The molecule has 2 N–H and O–H groups in total. The highest BCUT2D eigenvalue weighted by molar-refractivity contribution is 5.84. The van der Waals surface area contributed by atoms with Crippen LogP contribution >= 0.6 is 0 Å². The highest BCUT2D eigenvalue weighted by Gasteiger charge is 2.16. The zero-order valence-corrected chi connectivity index (χ0v) is 12.3. The van der Waals surface area contributed by atoms with E-state index in [1.165, 1.54) is 6.07 Å². The molecule has 0 saturated carbocycles. The van der Waals surface area contributed by atoms with Crippen molar-refractivity contribution >= 4 is 5.97 Å². The van der Waals surface area contributed by atoms with Gasteiger partial charge in [0.15, 0.2) is 0 Å². The fourth-order valence-electron chi connectivity index (χ4n) is 2.15. The highest BCUT2D eigenvalue weighted by atomic mass is 16.5. The summed E-state index contributed by atoms with van der Waals surface area (Å²) in [6.07, 6.45) is 0. The Morgan fingerprint density at radius 3 is 2.33 bits per heavy atom. The number of benzene rings is 1. The second-order valence-electron chi connectivity index (χ2n) is 4.89. The van der Waals surface area contributed by atoms with Gasteiger partial charge in [0.05, 0.1) is 13.2 Å². The van der Waals surface area contributed by atoms with Crippen molar-refractivity contribution in [2.45, 2.75) is 25.9 Å². The topological polar surface area (TPSA) is 71.7 Å². The summed E-state index contributed by atoms with van der Waals surface area (Å²) in [5.74, 6) is 0.316. The fourth-order valence-corrected chi connectivity index (χ4v) is 2.15. The van der Waals surface area contributed by atoms with Gasteiger partial charge in [-0.25, -0.2) is 4.79 Å². The largest absolute Gasteiger partial charge is 0.497 e. The highest BCUT2D eigenvalue weighted by Crippen LogP contribution is 2.22. The number of methoxy groups -OCH3 is 1. The number of nitrogens with one attached hydrogen (secondary N) is 1. The van der Waals surface area contributed by atoms with Gasteiger partial charge in [0.1, 0.15) is 11.5 Å². The lowest BCUT2D eigenvalue weighted by Crippen LogP contribution is -2.22. The molecular formula is C16H19NO4. The molecule has 0 aliphatic carbocycles. The third-order valence-electron chi connectivity index (χ3n) is 3.38. The zero-order valence-electron chi connectivity index (χ0n) is 12.3. The van der Waals surface area contributed by atoms with Crippen LogP contribution in [0.25, 0.3) is 0 Å². The van der Waals surface area contributed by atoms with Crippen LogP contribution in [-0.2, 0) is 0 Å². The van der Waals surface area contributed by atoms with Gasteiger partial charge in [-0.05, 0) is 43.7 Å². The molecule has 0 bridgehead atoms. The van der Waals surface area contributed by atoms with Gasteiger partial charge >= 0.3 is 5.97 Å². The van der Waals surface area contributed by atoms with E-state index in [0.717, 1.165) is 11.3 Å². The van der Waals surface area contributed by atoms with Gasteiger partial charge < -0.3 is 19.6 Å². The summed E-state index contributed by atoms with van der Waals surface area (Å²) in [6.45, 7) is 3.98. The quantitative estimate of drug-likeness (QED) is 0.852. The van der Waals surface area contributed by atoms with Crippen molar-refractivity contribution < 1.29 is 19.1 Å². The van der Waals surface area contributed by atoms with Gasteiger partial charge in [0.2, 0.25) is 5.76 Å². The van der Waals surface area contributed by atoms with Crippen molar-refractivity contribution in [3.05, 3.63) is 53.5 Å². The molecule has 0 aliphatic rings. The molecule has 5 heteroatoms. The summed E-state index contributed by atoms with van der Waals surface area (Å²) in [4.78, 5) is 10.8. The predicted molar refractivity (Wildman–Crippen MR) is 78.6 cm³/mol. The van der Waals surface area contributed by atoms with Crippen LogP contribution in [0.1, 0.15) is 47.8 Å². The van der Waals surface area contributed by atoms with Gasteiger partial charge in [-0.15, -0.1) is 0 Å². The van der Waals surface area contributed by atoms with Crippen LogP contribution in [0.2, 0.25) is 0 Å². The van der Waals surface area contributed by atoms with E-state index in [2.05, 4.69) is 5.32 Å².